The zero-order valence-electron chi connectivity index (χ0n) is 20.0. The van der Waals surface area contributed by atoms with Gasteiger partial charge in [0, 0.05) is 17.7 Å². The summed E-state index contributed by atoms with van der Waals surface area (Å²) in [6.45, 7) is 0.479. The van der Waals surface area contributed by atoms with Crippen LogP contribution in [0.2, 0.25) is 0 Å². The molecule has 5 nitrogen and oxygen atoms in total. The molecule has 0 saturated heterocycles. The Morgan fingerprint density at radius 3 is 2.08 bits per heavy atom. The Balaban J connectivity index is 1.41. The van der Waals surface area contributed by atoms with Gasteiger partial charge in [-0.15, -0.1) is 0 Å². The van der Waals surface area contributed by atoms with Gasteiger partial charge < -0.3 is 20.2 Å². The lowest BCUT2D eigenvalue weighted by Crippen LogP contribution is -2.29. The number of phenolic OH excluding ortho intramolecular Hbond substituents is 2. The Bertz CT molecular complexity index is 1300. The molecule has 36 heavy (non-hydrogen) atoms. The topological polar surface area (TPSA) is 81.0 Å². The fraction of sp³-hybridized carbons (Fsp3) is 0.194. The van der Waals surface area contributed by atoms with Crippen molar-refractivity contribution < 1.29 is 20.1 Å². The summed E-state index contributed by atoms with van der Waals surface area (Å²) in [5.41, 5.74) is 6.73. The minimum atomic E-state index is -0.894. The predicted octanol–water partition coefficient (Wildman–Crippen LogP) is 6.10. The van der Waals surface area contributed by atoms with E-state index in [0.29, 0.717) is 17.7 Å². The Morgan fingerprint density at radius 2 is 1.50 bits per heavy atom. The van der Waals surface area contributed by atoms with Crippen LogP contribution >= 0.6 is 0 Å². The Labute approximate surface area is 211 Å². The molecular formula is C31H29NO4. The van der Waals surface area contributed by atoms with Gasteiger partial charge in [0.15, 0.2) is 6.23 Å². The Morgan fingerprint density at radius 1 is 0.861 bits per heavy atom. The van der Waals surface area contributed by atoms with Gasteiger partial charge in [-0.25, -0.2) is 0 Å². The molecule has 1 heterocycles. The molecule has 1 amide bonds. The van der Waals surface area contributed by atoms with Crippen molar-refractivity contribution >= 4 is 11.5 Å². The quantitative estimate of drug-likeness (QED) is 0.341. The van der Waals surface area contributed by atoms with Gasteiger partial charge in [0.1, 0.15) is 11.5 Å². The molecule has 0 bridgehead atoms. The van der Waals surface area contributed by atoms with E-state index in [0.717, 1.165) is 42.4 Å². The van der Waals surface area contributed by atoms with Crippen molar-refractivity contribution in [1.29, 1.82) is 0 Å². The monoisotopic (exact) mass is 479 g/mol. The first-order chi connectivity index (χ1) is 17.5. The summed E-state index contributed by atoms with van der Waals surface area (Å²) in [5.74, 6) is 0.300. The van der Waals surface area contributed by atoms with E-state index in [1.807, 2.05) is 36.4 Å². The molecule has 5 heteroatoms. The lowest BCUT2D eigenvalue weighted by atomic mass is 9.86. The highest BCUT2D eigenvalue weighted by Gasteiger charge is 2.34. The zero-order valence-corrected chi connectivity index (χ0v) is 20.0. The molecule has 1 aliphatic carbocycles. The van der Waals surface area contributed by atoms with E-state index in [-0.39, 0.29) is 17.4 Å². The highest BCUT2D eigenvalue weighted by atomic mass is 16.3. The number of hydrogen-bond acceptors (Lipinski definition) is 4. The molecule has 0 radical (unpaired) electrons. The number of carbonyl (C=O) groups excluding carboxylic acids is 1. The van der Waals surface area contributed by atoms with E-state index >= 15 is 0 Å². The summed E-state index contributed by atoms with van der Waals surface area (Å²) in [6.07, 6.45) is 8.66. The molecule has 3 aromatic rings. The van der Waals surface area contributed by atoms with Crippen LogP contribution in [0.25, 0.3) is 5.57 Å². The van der Waals surface area contributed by atoms with Crippen LogP contribution in [-0.2, 0) is 0 Å². The van der Waals surface area contributed by atoms with Gasteiger partial charge in [-0.3, -0.25) is 4.79 Å². The van der Waals surface area contributed by atoms with Crippen LogP contribution in [0, 0.1) is 0 Å². The largest absolute Gasteiger partial charge is 0.508 e. The highest BCUT2D eigenvalue weighted by molar-refractivity contribution is 5.98. The first kappa shape index (κ1) is 23.6. The van der Waals surface area contributed by atoms with Crippen LogP contribution in [0.15, 0.2) is 102 Å². The lowest BCUT2D eigenvalue weighted by Gasteiger charge is -2.22. The zero-order chi connectivity index (χ0) is 25.1. The molecule has 0 aromatic heterocycles. The number of allylic oxidation sites excluding steroid dienone is 5. The van der Waals surface area contributed by atoms with Gasteiger partial charge >= 0.3 is 0 Å². The van der Waals surface area contributed by atoms with Crippen LogP contribution in [0.5, 0.6) is 11.5 Å². The number of carbonyl (C=O) groups is 1. The molecule has 3 N–H and O–H groups in total. The minimum Gasteiger partial charge on any atom is -0.508 e. The van der Waals surface area contributed by atoms with Crippen LogP contribution in [0.4, 0.5) is 0 Å². The molecule has 0 fully saturated rings. The molecule has 0 saturated carbocycles. The molecule has 5 rings (SSSR count). The van der Waals surface area contributed by atoms with Crippen molar-refractivity contribution in [2.75, 3.05) is 6.54 Å². The maximum atomic E-state index is 12.8. The SMILES string of the molecule is O=C1c2ccccc2C(O)N1CCCCC(C1=CC=CC1)=C(c1ccc(O)cc1)c1ccc(O)cc1. The molecule has 1 aliphatic heterocycles. The van der Waals surface area contributed by atoms with E-state index in [9.17, 15) is 20.1 Å². The molecule has 3 aromatic carbocycles. The van der Waals surface area contributed by atoms with E-state index in [1.54, 1.807) is 41.3 Å². The van der Waals surface area contributed by atoms with Crippen molar-refractivity contribution in [3.8, 4) is 11.5 Å². The van der Waals surface area contributed by atoms with E-state index < -0.39 is 6.23 Å². The average Bonchev–Trinajstić information content (AvgIpc) is 3.51. The van der Waals surface area contributed by atoms with Crippen molar-refractivity contribution in [3.05, 3.63) is 124 Å². The second-order valence-corrected chi connectivity index (χ2v) is 9.19. The van der Waals surface area contributed by atoms with Gasteiger partial charge in [-0.05, 0) is 83.9 Å². The normalized spacial score (nSPS) is 16.2. The number of aromatic hydroxyl groups is 2. The number of rotatable bonds is 8. The molecule has 182 valence electrons. The van der Waals surface area contributed by atoms with Gasteiger partial charge in [0.2, 0.25) is 0 Å². The van der Waals surface area contributed by atoms with Crippen LogP contribution < -0.4 is 0 Å². The van der Waals surface area contributed by atoms with Crippen molar-refractivity contribution in [1.82, 2.24) is 4.90 Å². The van der Waals surface area contributed by atoms with Crippen molar-refractivity contribution in [2.45, 2.75) is 31.9 Å². The maximum Gasteiger partial charge on any atom is 0.256 e. The number of amides is 1. The summed E-state index contributed by atoms with van der Waals surface area (Å²) in [7, 11) is 0. The second kappa shape index (κ2) is 10.3. The number of hydrogen-bond donors (Lipinski definition) is 3. The first-order valence-electron chi connectivity index (χ1n) is 12.3. The van der Waals surface area contributed by atoms with Crippen LogP contribution in [0.3, 0.4) is 0 Å². The van der Waals surface area contributed by atoms with Crippen molar-refractivity contribution in [3.63, 3.8) is 0 Å². The maximum absolute atomic E-state index is 12.8. The fourth-order valence-corrected chi connectivity index (χ4v) is 5.05. The molecule has 0 spiro atoms. The summed E-state index contributed by atoms with van der Waals surface area (Å²) in [4.78, 5) is 14.3. The number of aliphatic hydroxyl groups excluding tert-OH is 1. The molecule has 2 aliphatic rings. The highest BCUT2D eigenvalue weighted by Crippen LogP contribution is 2.37. The number of nitrogens with zero attached hydrogens (tertiary/aromatic N) is 1. The standard InChI is InChI=1S/C31H29NO4/c33-24-16-12-22(13-17-24)29(23-14-18-25(34)19-15-23)26(21-7-1-2-8-21)9-5-6-20-32-30(35)27-10-3-4-11-28(27)31(32)36/h1-4,7,10-19,30,33-35H,5-6,8-9,20H2. The van der Waals surface area contributed by atoms with Gasteiger partial charge in [-0.2, -0.15) is 0 Å². The van der Waals surface area contributed by atoms with E-state index in [2.05, 4.69) is 18.2 Å². The smallest absolute Gasteiger partial charge is 0.256 e. The fourth-order valence-electron chi connectivity index (χ4n) is 5.05. The Kier molecular flexibility index (Phi) is 6.74. The third kappa shape index (κ3) is 4.70. The minimum absolute atomic E-state index is 0.120. The van der Waals surface area contributed by atoms with Crippen molar-refractivity contribution in [2.24, 2.45) is 0 Å². The van der Waals surface area contributed by atoms with Crippen LogP contribution in [0.1, 0.15) is 59.0 Å². The number of fused-ring (bicyclic) bond motifs is 1. The summed E-state index contributed by atoms with van der Waals surface area (Å²) in [5, 5.41) is 30.4. The third-order valence-corrected chi connectivity index (χ3v) is 6.87. The van der Waals surface area contributed by atoms with Gasteiger partial charge in [-0.1, -0.05) is 60.7 Å². The molecule has 1 unspecified atom stereocenters. The molecule has 1 atom stereocenters. The Hall–Kier alpha value is -4.09. The van der Waals surface area contributed by atoms with Gasteiger partial charge in [0.25, 0.3) is 5.91 Å². The second-order valence-electron chi connectivity index (χ2n) is 9.19. The summed E-state index contributed by atoms with van der Waals surface area (Å²) >= 11 is 0. The number of unbranched alkanes of at least 4 members (excludes halogenated alkanes) is 1. The van der Waals surface area contributed by atoms with Gasteiger partial charge in [0.05, 0.1) is 0 Å². The van der Waals surface area contributed by atoms with Crippen LogP contribution in [-0.4, -0.2) is 32.7 Å². The summed E-state index contributed by atoms with van der Waals surface area (Å²) in [6, 6.07) is 21.6. The van der Waals surface area contributed by atoms with E-state index in [1.165, 1.54) is 11.1 Å². The van der Waals surface area contributed by atoms with E-state index in [4.69, 9.17) is 0 Å². The summed E-state index contributed by atoms with van der Waals surface area (Å²) < 4.78 is 0. The third-order valence-electron chi connectivity index (χ3n) is 6.87. The average molecular weight is 480 g/mol. The predicted molar refractivity (Wildman–Crippen MR) is 140 cm³/mol. The molecular weight excluding hydrogens is 450 g/mol. The number of benzene rings is 3. The number of aliphatic hydroxyl groups is 1. The lowest BCUT2D eigenvalue weighted by molar-refractivity contribution is 0.0170. The number of phenols is 2. The first-order valence-corrected chi connectivity index (χ1v) is 12.3.